The van der Waals surface area contributed by atoms with Crippen molar-refractivity contribution < 1.29 is 13.2 Å². The number of hydrogen-bond donors (Lipinski definition) is 1. The molecular weight excluding hydrogens is 314 g/mol. The second kappa shape index (κ2) is 4.94. The topological polar surface area (TPSA) is 83.7 Å². The fourth-order valence-electron chi connectivity index (χ4n) is 3.37. The number of nitrogens with zero attached hydrogens (tertiary/aromatic N) is 2. The minimum Gasteiger partial charge on any atom is -0.340 e. The van der Waals surface area contributed by atoms with Crippen LogP contribution in [0.1, 0.15) is 6.42 Å². The van der Waals surface area contributed by atoms with Gasteiger partial charge in [0.15, 0.2) is 0 Å². The van der Waals surface area contributed by atoms with Crippen molar-refractivity contribution in [1.29, 1.82) is 0 Å². The van der Waals surface area contributed by atoms with Crippen molar-refractivity contribution in [2.24, 2.45) is 5.73 Å². The standard InChI is InChI=1S/C16H17N3O3S/c17-12-7-8-18(9-12)15(20)10-19-13-5-1-3-11-4-2-6-14(16(11)13)23(19,21)22/h1-6,12H,7-10,17H2/t12-/m0/s1. The zero-order valence-corrected chi connectivity index (χ0v) is 13.3. The lowest BCUT2D eigenvalue weighted by atomic mass is 10.1. The number of amides is 1. The summed E-state index contributed by atoms with van der Waals surface area (Å²) < 4.78 is 26.8. The van der Waals surface area contributed by atoms with Gasteiger partial charge in [-0.25, -0.2) is 8.42 Å². The Morgan fingerprint density at radius 2 is 1.96 bits per heavy atom. The molecule has 1 atom stereocenters. The van der Waals surface area contributed by atoms with Gasteiger partial charge >= 0.3 is 0 Å². The van der Waals surface area contributed by atoms with E-state index in [9.17, 15) is 13.2 Å². The lowest BCUT2D eigenvalue weighted by molar-refractivity contribution is -0.128. The number of rotatable bonds is 2. The second-order valence-electron chi connectivity index (χ2n) is 6.03. The maximum absolute atomic E-state index is 12.8. The molecule has 0 bridgehead atoms. The molecule has 2 N–H and O–H groups in total. The number of nitrogens with two attached hydrogens (primary N) is 1. The molecule has 2 heterocycles. The molecule has 0 unspecified atom stereocenters. The van der Waals surface area contributed by atoms with Gasteiger partial charge in [-0.15, -0.1) is 0 Å². The molecule has 0 spiro atoms. The van der Waals surface area contributed by atoms with Crippen LogP contribution in [-0.4, -0.2) is 44.9 Å². The molecule has 2 aromatic rings. The summed E-state index contributed by atoms with van der Waals surface area (Å²) in [6.45, 7) is 0.901. The fraction of sp³-hybridized carbons (Fsp3) is 0.312. The minimum atomic E-state index is -3.68. The van der Waals surface area contributed by atoms with Crippen molar-refractivity contribution >= 4 is 32.4 Å². The van der Waals surface area contributed by atoms with Crippen LogP contribution in [0.4, 0.5) is 5.69 Å². The highest BCUT2D eigenvalue weighted by atomic mass is 32.2. The Morgan fingerprint density at radius 3 is 2.65 bits per heavy atom. The predicted molar refractivity (Wildman–Crippen MR) is 87.7 cm³/mol. The van der Waals surface area contributed by atoms with Gasteiger partial charge in [-0.1, -0.05) is 24.3 Å². The van der Waals surface area contributed by atoms with Crippen LogP contribution in [0.5, 0.6) is 0 Å². The first-order valence-corrected chi connectivity index (χ1v) is 9.00. The molecule has 6 nitrogen and oxygen atoms in total. The van der Waals surface area contributed by atoms with Crippen LogP contribution in [0, 0.1) is 0 Å². The van der Waals surface area contributed by atoms with Gasteiger partial charge in [-0.2, -0.15) is 0 Å². The molecule has 120 valence electrons. The maximum atomic E-state index is 12.8. The van der Waals surface area contributed by atoms with Crippen molar-refractivity contribution in [1.82, 2.24) is 4.90 Å². The van der Waals surface area contributed by atoms with E-state index >= 15 is 0 Å². The summed E-state index contributed by atoms with van der Waals surface area (Å²) in [7, 11) is -3.68. The molecule has 0 radical (unpaired) electrons. The van der Waals surface area contributed by atoms with Crippen LogP contribution < -0.4 is 10.0 Å². The van der Waals surface area contributed by atoms with Crippen LogP contribution in [0.2, 0.25) is 0 Å². The average Bonchev–Trinajstić information content (AvgIpc) is 3.05. The fourth-order valence-corrected chi connectivity index (χ4v) is 5.03. The number of anilines is 1. The van der Waals surface area contributed by atoms with Crippen molar-refractivity contribution in [2.75, 3.05) is 23.9 Å². The third-order valence-corrected chi connectivity index (χ3v) is 6.34. The van der Waals surface area contributed by atoms with Crippen LogP contribution >= 0.6 is 0 Å². The highest BCUT2D eigenvalue weighted by Gasteiger charge is 2.38. The van der Waals surface area contributed by atoms with Crippen LogP contribution in [-0.2, 0) is 14.8 Å². The molecule has 0 saturated carbocycles. The van der Waals surface area contributed by atoms with E-state index in [4.69, 9.17) is 5.73 Å². The van der Waals surface area contributed by atoms with E-state index in [-0.39, 0.29) is 23.4 Å². The van der Waals surface area contributed by atoms with Gasteiger partial charge in [0.25, 0.3) is 10.0 Å². The molecule has 1 saturated heterocycles. The Balaban J connectivity index is 1.73. The van der Waals surface area contributed by atoms with Gasteiger partial charge in [0, 0.05) is 24.5 Å². The molecule has 2 aliphatic rings. The van der Waals surface area contributed by atoms with E-state index in [0.29, 0.717) is 24.2 Å². The van der Waals surface area contributed by atoms with Crippen molar-refractivity contribution in [3.05, 3.63) is 36.4 Å². The lowest BCUT2D eigenvalue weighted by Gasteiger charge is -2.22. The Kier molecular flexibility index (Phi) is 3.11. The maximum Gasteiger partial charge on any atom is 0.265 e. The monoisotopic (exact) mass is 331 g/mol. The first kappa shape index (κ1) is 14.5. The number of sulfonamides is 1. The van der Waals surface area contributed by atoms with Crippen molar-refractivity contribution in [3.8, 4) is 0 Å². The second-order valence-corrected chi connectivity index (χ2v) is 7.86. The van der Waals surface area contributed by atoms with Gasteiger partial charge in [0.1, 0.15) is 6.54 Å². The molecule has 0 aromatic heterocycles. The summed E-state index contributed by atoms with van der Waals surface area (Å²) in [6, 6.07) is 10.6. The van der Waals surface area contributed by atoms with Gasteiger partial charge in [-0.3, -0.25) is 9.10 Å². The van der Waals surface area contributed by atoms with Gasteiger partial charge < -0.3 is 10.6 Å². The summed E-state index contributed by atoms with van der Waals surface area (Å²) in [6.07, 6.45) is 0.758. The Morgan fingerprint density at radius 1 is 1.22 bits per heavy atom. The van der Waals surface area contributed by atoms with Crippen molar-refractivity contribution in [2.45, 2.75) is 17.4 Å². The van der Waals surface area contributed by atoms with E-state index in [2.05, 4.69) is 0 Å². The molecule has 2 aromatic carbocycles. The Hall–Kier alpha value is -2.12. The number of benzene rings is 2. The van der Waals surface area contributed by atoms with Gasteiger partial charge in [-0.05, 0) is 23.9 Å². The zero-order valence-electron chi connectivity index (χ0n) is 12.5. The quantitative estimate of drug-likeness (QED) is 0.886. The first-order chi connectivity index (χ1) is 11.0. The third-order valence-electron chi connectivity index (χ3n) is 4.54. The molecule has 2 aliphatic heterocycles. The molecule has 1 fully saturated rings. The number of likely N-dealkylation sites (tertiary alicyclic amines) is 1. The molecular formula is C16H17N3O3S. The summed E-state index contributed by atoms with van der Waals surface area (Å²) in [5.41, 5.74) is 6.41. The third kappa shape index (κ3) is 2.11. The number of carbonyl (C=O) groups is 1. The summed E-state index contributed by atoms with van der Waals surface area (Å²) in [5.74, 6) is -0.202. The van der Waals surface area contributed by atoms with E-state index in [1.54, 1.807) is 23.1 Å². The molecule has 0 aliphatic carbocycles. The molecule has 4 rings (SSSR count). The number of carbonyl (C=O) groups excluding carboxylic acids is 1. The normalized spacial score (nSPS) is 22.0. The molecule has 1 amide bonds. The zero-order chi connectivity index (χ0) is 16.2. The van der Waals surface area contributed by atoms with Crippen molar-refractivity contribution in [3.63, 3.8) is 0 Å². The Bertz CT molecular complexity index is 905. The first-order valence-electron chi connectivity index (χ1n) is 7.56. The largest absolute Gasteiger partial charge is 0.340 e. The summed E-state index contributed by atoms with van der Waals surface area (Å²) in [5, 5.41) is 1.56. The highest BCUT2D eigenvalue weighted by Crippen LogP contribution is 2.41. The lowest BCUT2D eigenvalue weighted by Crippen LogP contribution is -2.41. The van der Waals surface area contributed by atoms with Crippen LogP contribution in [0.15, 0.2) is 41.3 Å². The SMILES string of the molecule is N[C@H]1CCN(C(=O)CN2c3cccc4cccc(c34)S2(=O)=O)C1. The predicted octanol–water partition coefficient (Wildman–Crippen LogP) is 0.908. The minimum absolute atomic E-state index is 0.0187. The van der Waals surface area contributed by atoms with E-state index in [0.717, 1.165) is 11.8 Å². The Labute approximate surface area is 134 Å². The highest BCUT2D eigenvalue weighted by molar-refractivity contribution is 7.93. The van der Waals surface area contributed by atoms with E-state index in [1.165, 1.54) is 4.31 Å². The van der Waals surface area contributed by atoms with Gasteiger partial charge in [0.05, 0.1) is 10.6 Å². The van der Waals surface area contributed by atoms with Gasteiger partial charge in [0.2, 0.25) is 5.91 Å². The van der Waals surface area contributed by atoms with Crippen LogP contribution in [0.25, 0.3) is 10.8 Å². The molecule has 7 heteroatoms. The summed E-state index contributed by atoms with van der Waals surface area (Å²) in [4.78, 5) is 14.4. The smallest absolute Gasteiger partial charge is 0.265 e. The van der Waals surface area contributed by atoms with Crippen LogP contribution in [0.3, 0.4) is 0 Å². The summed E-state index contributed by atoms with van der Waals surface area (Å²) >= 11 is 0. The number of hydrogen-bond acceptors (Lipinski definition) is 4. The molecule has 23 heavy (non-hydrogen) atoms. The average molecular weight is 331 g/mol. The van der Waals surface area contributed by atoms with E-state index in [1.807, 2.05) is 18.2 Å². The van der Waals surface area contributed by atoms with E-state index < -0.39 is 10.0 Å².